The molecule has 8 nitrogen and oxygen atoms in total. The summed E-state index contributed by atoms with van der Waals surface area (Å²) < 4.78 is 75.0. The van der Waals surface area contributed by atoms with Gasteiger partial charge >= 0.3 is 0 Å². The molecule has 0 atom stereocenters. The lowest BCUT2D eigenvalue weighted by Gasteiger charge is -2.15. The van der Waals surface area contributed by atoms with E-state index in [-0.39, 0.29) is 27.0 Å². The Morgan fingerprint density at radius 1 is 0.791 bits per heavy atom. The Kier molecular flexibility index (Phi) is 13.7. The Morgan fingerprint density at radius 2 is 1.35 bits per heavy atom. The lowest BCUT2D eigenvalue weighted by Crippen LogP contribution is -2.25. The van der Waals surface area contributed by atoms with Crippen LogP contribution in [0.25, 0.3) is 22.2 Å². The van der Waals surface area contributed by atoms with E-state index >= 15 is 0 Å². The molecule has 2 aromatic carbocycles. The van der Waals surface area contributed by atoms with E-state index in [0.29, 0.717) is 17.6 Å². The second kappa shape index (κ2) is 16.9. The van der Waals surface area contributed by atoms with Crippen molar-refractivity contribution < 1.29 is 25.8 Å². The predicted octanol–water partition coefficient (Wildman–Crippen LogP) is 7.45. The molecule has 0 aliphatic rings. The normalized spacial score (nSPS) is 12.7. The lowest BCUT2D eigenvalue weighted by atomic mass is 10.0. The molecule has 11 heteroatoms. The van der Waals surface area contributed by atoms with E-state index in [9.17, 15) is 25.8 Å². The molecule has 0 saturated carbocycles. The van der Waals surface area contributed by atoms with Gasteiger partial charge in [-0.2, -0.15) is 13.5 Å². The second-order valence-corrected chi connectivity index (χ2v) is 14.5. The Hall–Kier alpha value is -2.76. The van der Waals surface area contributed by atoms with Crippen molar-refractivity contribution in [3.05, 3.63) is 59.7 Å². The van der Waals surface area contributed by atoms with Crippen LogP contribution in [-0.4, -0.2) is 31.7 Å². The van der Waals surface area contributed by atoms with Gasteiger partial charge < -0.3 is 4.57 Å². The standard InChI is InChI=1S/C32H46FN3O5S2/c1-3-4-5-6-7-8-9-10-11-12-13-14-15-18-23-42(37,38)35-34-30-25-32(27-19-16-17-20-29(27)33)36(2)31-22-21-26(24-28(30)31)43(39,40)41/h16-17,19-22,24-25,35H,3-15,18,23H2,1-2H3,(H,39,40,41)/b34-30-. The van der Waals surface area contributed by atoms with Gasteiger partial charge in [0.15, 0.2) is 0 Å². The van der Waals surface area contributed by atoms with Crippen LogP contribution in [0.15, 0.2) is 58.5 Å². The summed E-state index contributed by atoms with van der Waals surface area (Å²) in [4.78, 5) is 1.91. The minimum absolute atomic E-state index is 0.0937. The molecular weight excluding hydrogens is 590 g/mol. The fraction of sp³-hybridized carbons (Fsp3) is 0.531. The van der Waals surface area contributed by atoms with Gasteiger partial charge in [0.2, 0.25) is 10.0 Å². The summed E-state index contributed by atoms with van der Waals surface area (Å²) >= 11 is 0. The van der Waals surface area contributed by atoms with Crippen LogP contribution in [0.5, 0.6) is 0 Å². The molecule has 238 valence electrons. The van der Waals surface area contributed by atoms with E-state index in [1.54, 1.807) is 29.8 Å². The van der Waals surface area contributed by atoms with Gasteiger partial charge in [-0.3, -0.25) is 4.55 Å². The fourth-order valence-corrected chi connectivity index (χ4v) is 6.70. The summed E-state index contributed by atoms with van der Waals surface area (Å²) in [5.74, 6) is -0.569. The average molecular weight is 636 g/mol. The van der Waals surface area contributed by atoms with Gasteiger partial charge in [-0.15, -0.1) is 0 Å². The zero-order valence-electron chi connectivity index (χ0n) is 25.4. The summed E-state index contributed by atoms with van der Waals surface area (Å²) in [6, 6.07) is 11.6. The number of aryl methyl sites for hydroxylation is 1. The molecule has 0 aliphatic carbocycles. The molecule has 43 heavy (non-hydrogen) atoms. The molecule has 2 N–H and O–H groups in total. The number of rotatable bonds is 19. The number of hydrogen-bond acceptors (Lipinski definition) is 5. The molecule has 0 fully saturated rings. The first-order valence-corrected chi connectivity index (χ1v) is 18.5. The summed E-state index contributed by atoms with van der Waals surface area (Å²) in [5.41, 5.74) is 1.15. The summed E-state index contributed by atoms with van der Waals surface area (Å²) in [6.45, 7) is 2.24. The maximum absolute atomic E-state index is 14.7. The Balaban J connectivity index is 1.61. The number of unbranched alkanes of at least 4 members (excludes halogenated alkanes) is 13. The van der Waals surface area contributed by atoms with Gasteiger partial charge in [0.1, 0.15) is 5.82 Å². The smallest absolute Gasteiger partial charge is 0.294 e. The first-order chi connectivity index (χ1) is 20.5. The van der Waals surface area contributed by atoms with Gasteiger partial charge in [0.05, 0.1) is 27.2 Å². The maximum atomic E-state index is 14.7. The van der Waals surface area contributed by atoms with Crippen molar-refractivity contribution in [2.45, 2.75) is 102 Å². The quantitative estimate of drug-likeness (QED) is 0.0806. The van der Waals surface area contributed by atoms with E-state index in [0.717, 1.165) is 19.3 Å². The number of benzene rings is 2. The van der Waals surface area contributed by atoms with Gasteiger partial charge in [-0.1, -0.05) is 103 Å². The number of nitrogens with zero attached hydrogens (tertiary/aromatic N) is 2. The van der Waals surface area contributed by atoms with Crippen molar-refractivity contribution >= 4 is 31.0 Å². The SMILES string of the molecule is CCCCCCCCCCCCCCCCS(=O)(=O)N/N=c1/cc(-c2ccccc2F)n(C)c2ccc(S(=O)(=O)O)cc12. The molecule has 0 aliphatic heterocycles. The van der Waals surface area contributed by atoms with Crippen molar-refractivity contribution in [3.8, 4) is 11.3 Å². The summed E-state index contributed by atoms with van der Waals surface area (Å²) in [7, 11) is -6.60. The average Bonchev–Trinajstić information content (AvgIpc) is 2.97. The molecule has 0 bridgehead atoms. The molecule has 1 aromatic heterocycles. The highest BCUT2D eigenvalue weighted by atomic mass is 32.2. The van der Waals surface area contributed by atoms with Crippen LogP contribution < -0.4 is 10.2 Å². The van der Waals surface area contributed by atoms with Crippen LogP contribution in [0.4, 0.5) is 4.39 Å². The van der Waals surface area contributed by atoms with E-state index in [2.05, 4.69) is 16.9 Å². The highest BCUT2D eigenvalue weighted by Gasteiger charge is 2.16. The minimum atomic E-state index is -4.52. The number of halogens is 1. The molecule has 1 heterocycles. The van der Waals surface area contributed by atoms with Crippen molar-refractivity contribution in [1.82, 2.24) is 9.40 Å². The fourth-order valence-electron chi connectivity index (χ4n) is 5.28. The zero-order valence-corrected chi connectivity index (χ0v) is 27.0. The first kappa shape index (κ1) is 34.7. The molecule has 0 spiro atoms. The van der Waals surface area contributed by atoms with E-state index in [4.69, 9.17) is 0 Å². The van der Waals surface area contributed by atoms with Crippen LogP contribution >= 0.6 is 0 Å². The Labute approximate surface area is 256 Å². The third kappa shape index (κ3) is 11.0. The highest BCUT2D eigenvalue weighted by Crippen LogP contribution is 2.25. The Morgan fingerprint density at radius 3 is 1.91 bits per heavy atom. The van der Waals surface area contributed by atoms with E-state index in [1.165, 1.54) is 94.5 Å². The Bertz CT molecular complexity index is 1620. The van der Waals surface area contributed by atoms with Gasteiger partial charge in [0.25, 0.3) is 10.1 Å². The maximum Gasteiger partial charge on any atom is 0.294 e. The first-order valence-electron chi connectivity index (χ1n) is 15.4. The van der Waals surface area contributed by atoms with Crippen LogP contribution in [-0.2, 0) is 27.2 Å². The molecule has 0 amide bonds. The van der Waals surface area contributed by atoms with Crippen LogP contribution in [0.1, 0.15) is 96.8 Å². The largest absolute Gasteiger partial charge is 0.343 e. The zero-order chi connectivity index (χ0) is 31.3. The van der Waals surface area contributed by atoms with Gasteiger partial charge in [-0.25, -0.2) is 17.6 Å². The van der Waals surface area contributed by atoms with E-state index < -0.39 is 26.0 Å². The van der Waals surface area contributed by atoms with E-state index in [1.807, 2.05) is 0 Å². The van der Waals surface area contributed by atoms with Crippen molar-refractivity contribution in [3.63, 3.8) is 0 Å². The van der Waals surface area contributed by atoms with Crippen LogP contribution in [0, 0.1) is 5.82 Å². The van der Waals surface area contributed by atoms with Crippen molar-refractivity contribution in [1.29, 1.82) is 0 Å². The van der Waals surface area contributed by atoms with Crippen molar-refractivity contribution in [2.24, 2.45) is 12.1 Å². The number of aromatic nitrogens is 1. The van der Waals surface area contributed by atoms with Gasteiger partial charge in [-0.05, 0) is 42.8 Å². The summed E-state index contributed by atoms with van der Waals surface area (Å²) in [5, 5.41) is 4.49. The topological polar surface area (TPSA) is 118 Å². The van der Waals surface area contributed by atoms with Crippen LogP contribution in [0.2, 0.25) is 0 Å². The number of sulfonamides is 1. The lowest BCUT2D eigenvalue weighted by molar-refractivity contribution is 0.483. The highest BCUT2D eigenvalue weighted by molar-refractivity contribution is 7.89. The predicted molar refractivity (Wildman–Crippen MR) is 171 cm³/mol. The molecular formula is C32H46FN3O5S2. The number of hydrogen-bond donors (Lipinski definition) is 2. The monoisotopic (exact) mass is 635 g/mol. The van der Waals surface area contributed by atoms with Gasteiger partial charge in [0, 0.05) is 18.0 Å². The number of fused-ring (bicyclic) bond motifs is 1. The second-order valence-electron chi connectivity index (χ2n) is 11.2. The molecule has 0 unspecified atom stereocenters. The molecule has 3 aromatic rings. The molecule has 3 rings (SSSR count). The number of nitrogens with one attached hydrogen (secondary N) is 1. The van der Waals surface area contributed by atoms with Crippen molar-refractivity contribution in [2.75, 3.05) is 5.75 Å². The third-order valence-corrected chi connectivity index (χ3v) is 9.80. The summed E-state index contributed by atoms with van der Waals surface area (Å²) in [6.07, 6.45) is 16.3. The molecule has 0 saturated heterocycles. The minimum Gasteiger partial charge on any atom is -0.343 e. The molecule has 0 radical (unpaired) electrons. The number of pyridine rings is 1. The third-order valence-electron chi connectivity index (χ3n) is 7.76. The van der Waals surface area contributed by atoms with Crippen LogP contribution in [0.3, 0.4) is 0 Å².